The number of hydrogen-bond donors (Lipinski definition) is 1. The van der Waals surface area contributed by atoms with Gasteiger partial charge in [-0.2, -0.15) is 18.3 Å². The fourth-order valence-corrected chi connectivity index (χ4v) is 3.82. The number of rotatable bonds is 4. The van der Waals surface area contributed by atoms with Crippen molar-refractivity contribution >= 4 is 5.82 Å². The van der Waals surface area contributed by atoms with Crippen LogP contribution in [-0.2, 0) is 6.18 Å². The highest BCUT2D eigenvalue weighted by molar-refractivity contribution is 5.58. The molecule has 1 unspecified atom stereocenters. The third-order valence-electron chi connectivity index (χ3n) is 5.32. The van der Waals surface area contributed by atoms with Crippen LogP contribution in [0, 0.1) is 0 Å². The summed E-state index contributed by atoms with van der Waals surface area (Å²) in [6, 6.07) is 13.5. The van der Waals surface area contributed by atoms with Gasteiger partial charge in [0, 0.05) is 36.1 Å². The summed E-state index contributed by atoms with van der Waals surface area (Å²) in [7, 11) is 0. The zero-order valence-electron chi connectivity index (χ0n) is 16.8. The predicted octanol–water partition coefficient (Wildman–Crippen LogP) is 4.68. The Hall–Kier alpha value is -3.82. The second kappa shape index (κ2) is 8.03. The smallest absolute Gasteiger partial charge is 0.346 e. The van der Waals surface area contributed by atoms with E-state index in [0.717, 1.165) is 24.5 Å². The normalized spacial score (nSPS) is 16.5. The van der Waals surface area contributed by atoms with Crippen molar-refractivity contribution in [3.05, 3.63) is 72.4 Å². The molecule has 3 aromatic heterocycles. The summed E-state index contributed by atoms with van der Waals surface area (Å²) in [6.45, 7) is 0.548. The van der Waals surface area contributed by atoms with E-state index in [0.29, 0.717) is 23.8 Å². The van der Waals surface area contributed by atoms with Gasteiger partial charge in [0.15, 0.2) is 17.3 Å². The minimum atomic E-state index is -4.60. The number of H-pyrrole nitrogens is 1. The highest BCUT2D eigenvalue weighted by atomic mass is 19.4. The molecule has 32 heavy (non-hydrogen) atoms. The molecule has 1 aliphatic rings. The van der Waals surface area contributed by atoms with Crippen molar-refractivity contribution in [3.8, 4) is 22.8 Å². The number of halogens is 3. The molecule has 0 bridgehead atoms. The van der Waals surface area contributed by atoms with Gasteiger partial charge in [0.05, 0.1) is 6.04 Å². The van der Waals surface area contributed by atoms with Crippen LogP contribution in [0.2, 0.25) is 0 Å². The fraction of sp³-hybridized carbons (Fsp3) is 0.227. The van der Waals surface area contributed by atoms with Gasteiger partial charge in [0.25, 0.3) is 0 Å². The number of anilines is 1. The van der Waals surface area contributed by atoms with Crippen molar-refractivity contribution in [2.45, 2.75) is 25.1 Å². The largest absolute Gasteiger partial charge is 0.433 e. The molecule has 10 heteroatoms. The molecule has 0 radical (unpaired) electrons. The van der Waals surface area contributed by atoms with Gasteiger partial charge < -0.3 is 4.90 Å². The Labute approximate surface area is 181 Å². The average Bonchev–Trinajstić information content (AvgIpc) is 3.49. The van der Waals surface area contributed by atoms with Crippen molar-refractivity contribution in [2.75, 3.05) is 11.4 Å². The summed E-state index contributed by atoms with van der Waals surface area (Å²) in [5.41, 5.74) is 0.288. The number of aromatic amines is 1. The lowest BCUT2D eigenvalue weighted by Crippen LogP contribution is -2.25. The van der Waals surface area contributed by atoms with Crippen molar-refractivity contribution in [2.24, 2.45) is 0 Å². The number of nitrogens with one attached hydrogen (secondary N) is 1. The van der Waals surface area contributed by atoms with E-state index in [2.05, 4.69) is 30.1 Å². The average molecular weight is 437 g/mol. The Morgan fingerprint density at radius 2 is 1.75 bits per heavy atom. The molecule has 1 fully saturated rings. The van der Waals surface area contributed by atoms with Crippen molar-refractivity contribution in [1.29, 1.82) is 0 Å². The van der Waals surface area contributed by atoms with Gasteiger partial charge in [-0.05, 0) is 25.0 Å². The lowest BCUT2D eigenvalue weighted by Gasteiger charge is -2.25. The molecule has 1 N–H and O–H groups in total. The van der Waals surface area contributed by atoms with Crippen LogP contribution in [0.1, 0.15) is 30.4 Å². The van der Waals surface area contributed by atoms with E-state index in [1.807, 2.05) is 35.2 Å². The van der Waals surface area contributed by atoms with Crippen LogP contribution in [0.5, 0.6) is 0 Å². The molecule has 7 nitrogen and oxygen atoms in total. The summed E-state index contributed by atoms with van der Waals surface area (Å²) in [4.78, 5) is 18.6. The van der Waals surface area contributed by atoms with Crippen molar-refractivity contribution in [3.63, 3.8) is 0 Å². The molecule has 0 spiro atoms. The van der Waals surface area contributed by atoms with Crippen molar-refractivity contribution < 1.29 is 13.2 Å². The van der Waals surface area contributed by atoms with Gasteiger partial charge in [0.1, 0.15) is 11.6 Å². The minimum Gasteiger partial charge on any atom is -0.346 e. The third-order valence-corrected chi connectivity index (χ3v) is 5.32. The molecule has 4 aromatic rings. The summed E-state index contributed by atoms with van der Waals surface area (Å²) < 4.78 is 40.8. The van der Waals surface area contributed by atoms with Crippen LogP contribution in [0.3, 0.4) is 0 Å². The summed E-state index contributed by atoms with van der Waals surface area (Å²) >= 11 is 0. The first-order chi connectivity index (χ1) is 15.5. The highest BCUT2D eigenvalue weighted by Gasteiger charge is 2.36. The van der Waals surface area contributed by atoms with Crippen LogP contribution in [0.25, 0.3) is 22.8 Å². The van der Waals surface area contributed by atoms with Gasteiger partial charge in [-0.1, -0.05) is 30.3 Å². The Bertz CT molecular complexity index is 1210. The molecule has 0 amide bonds. The predicted molar refractivity (Wildman–Crippen MR) is 111 cm³/mol. The SMILES string of the molecule is FC(F)(F)c1cc(N2CCCC2c2nc(-c3ccccc3)n[nH]2)nc(-c2cccnc2)n1. The molecule has 4 heterocycles. The van der Waals surface area contributed by atoms with Gasteiger partial charge in [-0.25, -0.2) is 15.0 Å². The van der Waals surface area contributed by atoms with Gasteiger partial charge in [0.2, 0.25) is 0 Å². The first-order valence-electron chi connectivity index (χ1n) is 10.1. The monoisotopic (exact) mass is 437 g/mol. The van der Waals surface area contributed by atoms with Gasteiger partial charge >= 0.3 is 6.18 Å². The van der Waals surface area contributed by atoms with Crippen molar-refractivity contribution in [1.82, 2.24) is 30.1 Å². The van der Waals surface area contributed by atoms with Crippen LogP contribution >= 0.6 is 0 Å². The number of aromatic nitrogens is 6. The van der Waals surface area contributed by atoms with E-state index in [1.54, 1.807) is 18.3 Å². The standard InChI is InChI=1S/C22H18F3N7/c23-22(24,25)17-12-18(28-19(27-17)15-8-4-10-26-13-15)32-11-5-9-16(32)21-29-20(30-31-21)14-6-2-1-3-7-14/h1-4,6-8,10,12-13,16H,5,9,11H2,(H,29,30,31). The first-order valence-corrected chi connectivity index (χ1v) is 10.1. The molecule has 5 rings (SSSR count). The van der Waals surface area contributed by atoms with Crippen LogP contribution < -0.4 is 4.90 Å². The zero-order chi connectivity index (χ0) is 22.1. The fourth-order valence-electron chi connectivity index (χ4n) is 3.82. The number of hydrogen-bond acceptors (Lipinski definition) is 6. The number of nitrogens with zero attached hydrogens (tertiary/aromatic N) is 6. The topological polar surface area (TPSA) is 83.5 Å². The first kappa shape index (κ1) is 20.1. The Kier molecular flexibility index (Phi) is 5.04. The molecule has 1 saturated heterocycles. The Balaban J connectivity index is 1.53. The molecule has 0 saturated carbocycles. The maximum Gasteiger partial charge on any atom is 0.433 e. The summed E-state index contributed by atoms with van der Waals surface area (Å²) in [6.07, 6.45) is -0.0979. The maximum atomic E-state index is 13.6. The molecule has 0 aliphatic carbocycles. The van der Waals surface area contributed by atoms with Gasteiger partial charge in [-0.3, -0.25) is 10.1 Å². The highest BCUT2D eigenvalue weighted by Crippen LogP contribution is 2.37. The van der Waals surface area contributed by atoms with Gasteiger partial charge in [-0.15, -0.1) is 0 Å². The number of pyridine rings is 1. The van der Waals surface area contributed by atoms with E-state index >= 15 is 0 Å². The molecule has 1 aromatic carbocycles. The minimum absolute atomic E-state index is 0.0175. The summed E-state index contributed by atoms with van der Waals surface area (Å²) in [5.74, 6) is 1.32. The molecular weight excluding hydrogens is 419 g/mol. The molecular formula is C22H18F3N7. The van der Waals surface area contributed by atoms with E-state index in [1.165, 1.54) is 6.20 Å². The lowest BCUT2D eigenvalue weighted by atomic mass is 10.2. The zero-order valence-corrected chi connectivity index (χ0v) is 16.8. The van der Waals surface area contributed by atoms with Crippen LogP contribution in [0.15, 0.2) is 60.9 Å². The van der Waals surface area contributed by atoms with E-state index in [9.17, 15) is 13.2 Å². The molecule has 162 valence electrons. The summed E-state index contributed by atoms with van der Waals surface area (Å²) in [5, 5.41) is 7.26. The second-order valence-corrected chi connectivity index (χ2v) is 7.44. The molecule has 1 atom stereocenters. The maximum absolute atomic E-state index is 13.6. The van der Waals surface area contributed by atoms with E-state index < -0.39 is 11.9 Å². The lowest BCUT2D eigenvalue weighted by molar-refractivity contribution is -0.141. The van der Waals surface area contributed by atoms with E-state index in [-0.39, 0.29) is 17.7 Å². The second-order valence-electron chi connectivity index (χ2n) is 7.44. The van der Waals surface area contributed by atoms with Crippen LogP contribution in [0.4, 0.5) is 19.0 Å². The number of alkyl halides is 3. The number of benzene rings is 1. The Morgan fingerprint density at radius 1 is 0.938 bits per heavy atom. The Morgan fingerprint density at radius 3 is 2.50 bits per heavy atom. The molecule has 1 aliphatic heterocycles. The quantitative estimate of drug-likeness (QED) is 0.499. The third kappa shape index (κ3) is 3.91. The van der Waals surface area contributed by atoms with Crippen LogP contribution in [-0.4, -0.2) is 36.7 Å². The van der Waals surface area contributed by atoms with E-state index in [4.69, 9.17) is 0 Å².